The SMILES string of the molecule is O=C(C1=C[C@H](c2ccc(C(F)(F)F)cc2)C[C@H](OCc2ccc(CO)cc2)O1)N1CCCCC1. The van der Waals surface area contributed by atoms with E-state index in [2.05, 4.69) is 0 Å². The minimum Gasteiger partial charge on any atom is -0.459 e. The van der Waals surface area contributed by atoms with Gasteiger partial charge in [-0.2, -0.15) is 13.2 Å². The van der Waals surface area contributed by atoms with Gasteiger partial charge in [-0.25, -0.2) is 0 Å². The van der Waals surface area contributed by atoms with Gasteiger partial charge in [-0.05, 0) is 54.2 Å². The van der Waals surface area contributed by atoms with E-state index >= 15 is 0 Å². The van der Waals surface area contributed by atoms with Crippen LogP contribution in [0, 0.1) is 0 Å². The molecule has 0 bridgehead atoms. The number of ether oxygens (including phenoxy) is 2. The van der Waals surface area contributed by atoms with Gasteiger partial charge in [-0.1, -0.05) is 36.4 Å². The molecule has 1 N–H and O–H groups in total. The number of nitrogens with zero attached hydrogens (tertiary/aromatic N) is 1. The molecule has 1 fully saturated rings. The normalized spacial score (nSPS) is 21.1. The van der Waals surface area contributed by atoms with E-state index in [1.54, 1.807) is 23.1 Å². The Morgan fingerprint density at radius 2 is 1.65 bits per heavy atom. The fourth-order valence-electron chi connectivity index (χ4n) is 4.25. The predicted molar refractivity (Wildman–Crippen MR) is 119 cm³/mol. The second-order valence-electron chi connectivity index (χ2n) is 8.68. The number of alkyl halides is 3. The molecule has 4 rings (SSSR count). The van der Waals surface area contributed by atoms with Crippen LogP contribution in [0.15, 0.2) is 60.4 Å². The van der Waals surface area contributed by atoms with Crippen molar-refractivity contribution in [2.75, 3.05) is 13.1 Å². The standard InChI is InChI=1S/C26H28F3NO4/c27-26(28,29)22-10-8-20(9-11-22)21-14-23(25(32)30-12-2-1-3-13-30)34-24(15-21)33-17-19-6-4-18(16-31)5-7-19/h4-11,14,21,24,31H,1-3,12-13,15-17H2/t21-,24+/m0/s1. The van der Waals surface area contributed by atoms with E-state index in [4.69, 9.17) is 9.47 Å². The summed E-state index contributed by atoms with van der Waals surface area (Å²) in [5.74, 6) is -0.350. The van der Waals surface area contributed by atoms with Gasteiger partial charge in [0, 0.05) is 25.4 Å². The number of allylic oxidation sites excluding steroid dienone is 1. The smallest absolute Gasteiger partial charge is 0.416 e. The van der Waals surface area contributed by atoms with Gasteiger partial charge in [0.1, 0.15) is 0 Å². The van der Waals surface area contributed by atoms with Crippen molar-refractivity contribution in [3.63, 3.8) is 0 Å². The first kappa shape index (κ1) is 24.3. The molecule has 0 aromatic heterocycles. The van der Waals surface area contributed by atoms with Gasteiger partial charge in [0.25, 0.3) is 5.91 Å². The van der Waals surface area contributed by atoms with Crippen molar-refractivity contribution in [1.29, 1.82) is 0 Å². The number of likely N-dealkylation sites (tertiary alicyclic amines) is 1. The van der Waals surface area contributed by atoms with Crippen molar-refractivity contribution in [3.05, 3.63) is 82.6 Å². The first-order valence-corrected chi connectivity index (χ1v) is 11.5. The summed E-state index contributed by atoms with van der Waals surface area (Å²) in [6, 6.07) is 12.3. The Labute approximate surface area is 196 Å². The van der Waals surface area contributed by atoms with E-state index < -0.39 is 18.0 Å². The quantitative estimate of drug-likeness (QED) is 0.629. The van der Waals surface area contributed by atoms with Crippen molar-refractivity contribution < 1.29 is 32.5 Å². The summed E-state index contributed by atoms with van der Waals surface area (Å²) >= 11 is 0. The van der Waals surface area contributed by atoms with E-state index in [9.17, 15) is 23.1 Å². The fraction of sp³-hybridized carbons (Fsp3) is 0.423. The van der Waals surface area contributed by atoms with Gasteiger partial charge < -0.3 is 19.5 Å². The number of aliphatic hydroxyl groups excluding tert-OH is 1. The van der Waals surface area contributed by atoms with Gasteiger partial charge in [-0.15, -0.1) is 0 Å². The number of carbonyl (C=O) groups is 1. The van der Waals surface area contributed by atoms with Gasteiger partial charge in [0.05, 0.1) is 18.8 Å². The van der Waals surface area contributed by atoms with Crippen LogP contribution < -0.4 is 0 Å². The van der Waals surface area contributed by atoms with E-state index in [-0.39, 0.29) is 30.8 Å². The third-order valence-corrected chi connectivity index (χ3v) is 6.22. The Morgan fingerprint density at radius 3 is 2.26 bits per heavy atom. The minimum atomic E-state index is -4.41. The van der Waals surface area contributed by atoms with Crippen molar-refractivity contribution in [2.24, 2.45) is 0 Å². The van der Waals surface area contributed by atoms with Crippen LogP contribution in [0.4, 0.5) is 13.2 Å². The molecule has 2 aromatic rings. The van der Waals surface area contributed by atoms with E-state index in [1.165, 1.54) is 12.1 Å². The number of piperidine rings is 1. The van der Waals surface area contributed by atoms with E-state index in [0.717, 1.165) is 42.5 Å². The lowest BCUT2D eigenvalue weighted by atomic mass is 9.92. The lowest BCUT2D eigenvalue weighted by Gasteiger charge is -2.33. The van der Waals surface area contributed by atoms with Crippen LogP contribution in [0.1, 0.15) is 53.9 Å². The average Bonchev–Trinajstić information content (AvgIpc) is 2.87. The minimum absolute atomic E-state index is 0.0472. The molecule has 182 valence electrons. The molecule has 2 heterocycles. The Hall–Kier alpha value is -2.84. The van der Waals surface area contributed by atoms with E-state index in [0.29, 0.717) is 25.1 Å². The number of halogens is 3. The van der Waals surface area contributed by atoms with Crippen LogP contribution in [-0.4, -0.2) is 35.3 Å². The molecule has 0 radical (unpaired) electrons. The summed E-state index contributed by atoms with van der Waals surface area (Å²) in [5, 5.41) is 9.19. The molecular weight excluding hydrogens is 447 g/mol. The van der Waals surface area contributed by atoms with Crippen LogP contribution in [0.25, 0.3) is 0 Å². The molecule has 1 saturated heterocycles. The van der Waals surface area contributed by atoms with Crippen LogP contribution in [0.2, 0.25) is 0 Å². The van der Waals surface area contributed by atoms with Crippen LogP contribution in [0.3, 0.4) is 0 Å². The molecule has 34 heavy (non-hydrogen) atoms. The lowest BCUT2D eigenvalue weighted by molar-refractivity contribution is -0.156. The number of benzene rings is 2. The summed E-state index contributed by atoms with van der Waals surface area (Å²) in [5.41, 5.74) is 1.62. The molecule has 2 atom stereocenters. The molecule has 2 aliphatic heterocycles. The molecule has 0 unspecified atom stereocenters. The van der Waals surface area contributed by atoms with Gasteiger partial charge >= 0.3 is 6.18 Å². The first-order valence-electron chi connectivity index (χ1n) is 11.5. The summed E-state index contributed by atoms with van der Waals surface area (Å²) in [6.07, 6.45) is -0.101. The van der Waals surface area contributed by atoms with Crippen molar-refractivity contribution in [2.45, 2.75) is 57.3 Å². The van der Waals surface area contributed by atoms with Crippen LogP contribution in [-0.2, 0) is 33.7 Å². The molecule has 2 aromatic carbocycles. The number of hydrogen-bond acceptors (Lipinski definition) is 4. The molecular formula is C26H28F3NO4. The predicted octanol–water partition coefficient (Wildman–Crippen LogP) is 5.14. The first-order chi connectivity index (χ1) is 16.3. The summed E-state index contributed by atoms with van der Waals surface area (Å²) in [4.78, 5) is 14.9. The molecule has 8 heteroatoms. The summed E-state index contributed by atoms with van der Waals surface area (Å²) < 4.78 is 50.9. The maximum atomic E-state index is 13.1. The van der Waals surface area contributed by atoms with Gasteiger partial charge in [-0.3, -0.25) is 4.79 Å². The van der Waals surface area contributed by atoms with E-state index in [1.807, 2.05) is 12.1 Å². The Kier molecular flexibility index (Phi) is 7.58. The maximum absolute atomic E-state index is 13.1. The number of hydrogen-bond donors (Lipinski definition) is 1. The van der Waals surface area contributed by atoms with Gasteiger partial charge in [0.2, 0.25) is 6.29 Å². The zero-order valence-corrected chi connectivity index (χ0v) is 18.8. The third-order valence-electron chi connectivity index (χ3n) is 6.22. The largest absolute Gasteiger partial charge is 0.459 e. The summed E-state index contributed by atoms with van der Waals surface area (Å²) in [7, 11) is 0. The van der Waals surface area contributed by atoms with Crippen molar-refractivity contribution in [1.82, 2.24) is 4.90 Å². The molecule has 5 nitrogen and oxygen atoms in total. The van der Waals surface area contributed by atoms with Crippen molar-refractivity contribution in [3.8, 4) is 0 Å². The topological polar surface area (TPSA) is 59.0 Å². The van der Waals surface area contributed by atoms with Gasteiger partial charge in [0.15, 0.2) is 5.76 Å². The maximum Gasteiger partial charge on any atom is 0.416 e. The molecule has 0 spiro atoms. The Morgan fingerprint density at radius 1 is 1.00 bits per heavy atom. The highest BCUT2D eigenvalue weighted by Gasteiger charge is 2.33. The number of carbonyl (C=O) groups excluding carboxylic acids is 1. The monoisotopic (exact) mass is 475 g/mol. The van der Waals surface area contributed by atoms with Crippen molar-refractivity contribution >= 4 is 5.91 Å². The average molecular weight is 476 g/mol. The number of rotatable bonds is 6. The molecule has 0 saturated carbocycles. The lowest BCUT2D eigenvalue weighted by Crippen LogP contribution is -2.39. The van der Waals surface area contributed by atoms with Crippen LogP contribution in [0.5, 0.6) is 0 Å². The molecule has 2 aliphatic rings. The number of amides is 1. The number of aliphatic hydroxyl groups is 1. The summed E-state index contributed by atoms with van der Waals surface area (Å²) in [6.45, 7) is 1.51. The zero-order chi connectivity index (χ0) is 24.1. The molecule has 0 aliphatic carbocycles. The fourth-order valence-corrected chi connectivity index (χ4v) is 4.25. The second-order valence-corrected chi connectivity index (χ2v) is 8.68. The highest BCUT2D eigenvalue weighted by atomic mass is 19.4. The van der Waals surface area contributed by atoms with Crippen LogP contribution >= 0.6 is 0 Å². The highest BCUT2D eigenvalue weighted by Crippen LogP contribution is 2.35. The Balaban J connectivity index is 1.52. The third kappa shape index (κ3) is 5.98. The highest BCUT2D eigenvalue weighted by molar-refractivity contribution is 5.91. The molecule has 1 amide bonds. The Bertz CT molecular complexity index is 996. The zero-order valence-electron chi connectivity index (χ0n) is 18.8. The second kappa shape index (κ2) is 10.6.